The van der Waals surface area contributed by atoms with Gasteiger partial charge >= 0.3 is 0 Å². The summed E-state index contributed by atoms with van der Waals surface area (Å²) in [5.74, 6) is 0. The van der Waals surface area contributed by atoms with Crippen LogP contribution in [0.2, 0.25) is 10.0 Å². The number of halogens is 2. The molecule has 2 rings (SSSR count). The van der Waals surface area contributed by atoms with E-state index >= 15 is 0 Å². The van der Waals surface area contributed by atoms with Crippen molar-refractivity contribution in [2.45, 2.75) is 25.8 Å². The molecule has 20 heavy (non-hydrogen) atoms. The molecular formula is C16H18Cl2N2. The topological polar surface area (TPSA) is 24.9 Å². The lowest BCUT2D eigenvalue weighted by Gasteiger charge is -2.19. The van der Waals surface area contributed by atoms with Gasteiger partial charge in [0.1, 0.15) is 0 Å². The van der Waals surface area contributed by atoms with Crippen molar-refractivity contribution in [2.24, 2.45) is 0 Å². The number of benzene rings is 1. The van der Waals surface area contributed by atoms with Gasteiger partial charge in [0.25, 0.3) is 0 Å². The molecule has 0 fully saturated rings. The Morgan fingerprint density at radius 3 is 2.60 bits per heavy atom. The molecule has 0 aliphatic rings. The molecule has 1 N–H and O–H groups in total. The number of hydrogen-bond donors (Lipinski definition) is 1. The predicted molar refractivity (Wildman–Crippen MR) is 85.4 cm³/mol. The molecule has 1 heterocycles. The van der Waals surface area contributed by atoms with Crippen molar-refractivity contribution < 1.29 is 0 Å². The quantitative estimate of drug-likeness (QED) is 0.838. The first kappa shape index (κ1) is 15.3. The maximum Gasteiger partial charge on any atom is 0.0589 e. The molecule has 0 saturated heterocycles. The molecule has 106 valence electrons. The van der Waals surface area contributed by atoms with E-state index < -0.39 is 0 Å². The Labute approximate surface area is 130 Å². The van der Waals surface area contributed by atoms with E-state index in [9.17, 15) is 0 Å². The fraction of sp³-hybridized carbons (Fsp3) is 0.312. The Kier molecular flexibility index (Phi) is 5.84. The Morgan fingerprint density at radius 1 is 1.15 bits per heavy atom. The third-order valence-electron chi connectivity index (χ3n) is 3.13. The average molecular weight is 309 g/mol. The minimum absolute atomic E-state index is 0.145. The lowest BCUT2D eigenvalue weighted by atomic mass is 10.0. The number of nitrogens with zero attached hydrogens (tertiary/aromatic N) is 1. The molecule has 0 saturated carbocycles. The van der Waals surface area contributed by atoms with E-state index in [1.807, 2.05) is 30.3 Å². The molecule has 0 amide bonds. The van der Waals surface area contributed by atoms with Crippen LogP contribution in [-0.4, -0.2) is 11.5 Å². The maximum absolute atomic E-state index is 6.25. The molecule has 1 atom stereocenters. The van der Waals surface area contributed by atoms with Crippen molar-refractivity contribution in [2.75, 3.05) is 6.54 Å². The zero-order valence-corrected chi connectivity index (χ0v) is 13.0. The lowest BCUT2D eigenvalue weighted by Crippen LogP contribution is -2.25. The van der Waals surface area contributed by atoms with E-state index in [2.05, 4.69) is 23.3 Å². The highest BCUT2D eigenvalue weighted by molar-refractivity contribution is 6.31. The summed E-state index contributed by atoms with van der Waals surface area (Å²) in [6.45, 7) is 3.09. The van der Waals surface area contributed by atoms with Crippen LogP contribution < -0.4 is 5.32 Å². The lowest BCUT2D eigenvalue weighted by molar-refractivity contribution is 0.518. The van der Waals surface area contributed by atoms with E-state index in [-0.39, 0.29) is 6.04 Å². The average Bonchev–Trinajstić information content (AvgIpc) is 2.46. The first-order chi connectivity index (χ1) is 9.70. The van der Waals surface area contributed by atoms with Gasteiger partial charge in [-0.3, -0.25) is 4.98 Å². The summed E-state index contributed by atoms with van der Waals surface area (Å²) in [5, 5.41) is 4.97. The van der Waals surface area contributed by atoms with Crippen LogP contribution in [0.4, 0.5) is 0 Å². The Balaban J connectivity index is 2.19. The highest BCUT2D eigenvalue weighted by Gasteiger charge is 2.14. The Morgan fingerprint density at radius 2 is 1.95 bits per heavy atom. The Bertz CT molecular complexity index is 540. The maximum atomic E-state index is 6.25. The van der Waals surface area contributed by atoms with E-state index in [1.54, 1.807) is 6.20 Å². The molecule has 0 aliphatic carbocycles. The van der Waals surface area contributed by atoms with Gasteiger partial charge in [-0.25, -0.2) is 0 Å². The molecular weight excluding hydrogens is 291 g/mol. The van der Waals surface area contributed by atoms with Crippen LogP contribution in [-0.2, 0) is 6.42 Å². The zero-order valence-electron chi connectivity index (χ0n) is 11.4. The van der Waals surface area contributed by atoms with Gasteiger partial charge in [0, 0.05) is 11.2 Å². The first-order valence-electron chi connectivity index (χ1n) is 6.79. The van der Waals surface area contributed by atoms with Crippen molar-refractivity contribution in [3.63, 3.8) is 0 Å². The number of nitrogens with one attached hydrogen (secondary N) is 1. The minimum atomic E-state index is 0.145. The molecule has 0 radical (unpaired) electrons. The fourth-order valence-corrected chi connectivity index (χ4v) is 2.40. The summed E-state index contributed by atoms with van der Waals surface area (Å²) in [5.41, 5.74) is 2.11. The van der Waals surface area contributed by atoms with Gasteiger partial charge in [-0.1, -0.05) is 48.3 Å². The molecule has 0 aliphatic heterocycles. The van der Waals surface area contributed by atoms with Crippen molar-refractivity contribution in [1.29, 1.82) is 0 Å². The summed E-state index contributed by atoms with van der Waals surface area (Å²) in [6.07, 6.45) is 3.57. The Hall–Kier alpha value is -1.09. The van der Waals surface area contributed by atoms with Gasteiger partial charge in [-0.15, -0.1) is 0 Å². The minimum Gasteiger partial charge on any atom is -0.308 e. The van der Waals surface area contributed by atoms with E-state index in [4.69, 9.17) is 23.2 Å². The van der Waals surface area contributed by atoms with Crippen molar-refractivity contribution in [3.8, 4) is 0 Å². The molecule has 1 unspecified atom stereocenters. The number of rotatable bonds is 6. The van der Waals surface area contributed by atoms with E-state index in [0.717, 1.165) is 35.7 Å². The van der Waals surface area contributed by atoms with Gasteiger partial charge in [-0.2, -0.15) is 0 Å². The normalized spacial score (nSPS) is 12.3. The van der Waals surface area contributed by atoms with Crippen molar-refractivity contribution >= 4 is 23.2 Å². The zero-order chi connectivity index (χ0) is 14.4. The second-order valence-corrected chi connectivity index (χ2v) is 5.55. The first-order valence-corrected chi connectivity index (χ1v) is 7.54. The summed E-state index contributed by atoms with van der Waals surface area (Å²) in [7, 11) is 0. The molecule has 2 aromatic rings. The smallest absolute Gasteiger partial charge is 0.0589 e. The molecule has 2 nitrogen and oxygen atoms in total. The van der Waals surface area contributed by atoms with Crippen molar-refractivity contribution in [3.05, 3.63) is 63.9 Å². The number of hydrogen-bond acceptors (Lipinski definition) is 2. The molecule has 1 aromatic carbocycles. The summed E-state index contributed by atoms with van der Waals surface area (Å²) in [6, 6.07) is 11.9. The van der Waals surface area contributed by atoms with Crippen LogP contribution in [0, 0.1) is 0 Å². The van der Waals surface area contributed by atoms with Crippen LogP contribution in [0.3, 0.4) is 0 Å². The largest absolute Gasteiger partial charge is 0.308 e. The van der Waals surface area contributed by atoms with Crippen LogP contribution in [0.25, 0.3) is 0 Å². The van der Waals surface area contributed by atoms with Crippen LogP contribution in [0.1, 0.15) is 30.6 Å². The van der Waals surface area contributed by atoms with E-state index in [1.165, 1.54) is 0 Å². The SMILES string of the molecule is CCCNC(Cc1ccccc1Cl)c1ccc(Cl)cn1. The third kappa shape index (κ3) is 4.20. The molecule has 4 heteroatoms. The van der Waals surface area contributed by atoms with Gasteiger partial charge in [0.2, 0.25) is 0 Å². The van der Waals surface area contributed by atoms with Crippen LogP contribution in [0.5, 0.6) is 0 Å². The number of aromatic nitrogens is 1. The second-order valence-electron chi connectivity index (χ2n) is 4.70. The third-order valence-corrected chi connectivity index (χ3v) is 3.72. The molecule has 1 aromatic heterocycles. The van der Waals surface area contributed by atoms with Gasteiger partial charge in [0.15, 0.2) is 0 Å². The van der Waals surface area contributed by atoms with Crippen molar-refractivity contribution in [1.82, 2.24) is 10.3 Å². The fourth-order valence-electron chi connectivity index (χ4n) is 2.08. The standard InChI is InChI=1S/C16H18Cl2N2/c1-2-9-19-16(15-8-7-13(17)11-20-15)10-12-5-3-4-6-14(12)18/h3-8,11,16,19H,2,9-10H2,1H3. The van der Waals surface area contributed by atoms with Crippen LogP contribution in [0.15, 0.2) is 42.6 Å². The highest BCUT2D eigenvalue weighted by atomic mass is 35.5. The molecule has 0 spiro atoms. The van der Waals surface area contributed by atoms with Gasteiger partial charge in [-0.05, 0) is 43.1 Å². The summed E-state index contributed by atoms with van der Waals surface area (Å²) >= 11 is 12.1. The van der Waals surface area contributed by atoms with Gasteiger partial charge < -0.3 is 5.32 Å². The predicted octanol–water partition coefficient (Wildman–Crippen LogP) is 4.67. The van der Waals surface area contributed by atoms with Crippen LogP contribution >= 0.6 is 23.2 Å². The number of pyridine rings is 1. The van der Waals surface area contributed by atoms with Gasteiger partial charge in [0.05, 0.1) is 16.8 Å². The summed E-state index contributed by atoms with van der Waals surface area (Å²) < 4.78 is 0. The second kappa shape index (κ2) is 7.63. The van der Waals surface area contributed by atoms with E-state index in [0.29, 0.717) is 5.02 Å². The molecule has 0 bridgehead atoms. The highest BCUT2D eigenvalue weighted by Crippen LogP contribution is 2.23. The summed E-state index contributed by atoms with van der Waals surface area (Å²) in [4.78, 5) is 4.42. The monoisotopic (exact) mass is 308 g/mol.